The van der Waals surface area contributed by atoms with Crippen LogP contribution in [-0.4, -0.2) is 0 Å². The summed E-state index contributed by atoms with van der Waals surface area (Å²) < 4.78 is 4.30. The van der Waals surface area contributed by atoms with E-state index in [2.05, 4.69) is 142 Å². The first-order valence-corrected chi connectivity index (χ1v) is 23.6. The van der Waals surface area contributed by atoms with Gasteiger partial charge in [-0.15, -0.1) is 0 Å². The number of benzene rings is 4. The third kappa shape index (κ3) is 5.81. The number of hydrogen-bond acceptors (Lipinski definition) is 0. The van der Waals surface area contributed by atoms with E-state index in [1.54, 1.807) is 33.4 Å². The molecule has 47 heavy (non-hydrogen) atoms. The van der Waals surface area contributed by atoms with Crippen LogP contribution in [0.3, 0.4) is 0 Å². The third-order valence-electron chi connectivity index (χ3n) is 11.8. The van der Waals surface area contributed by atoms with Crippen LogP contribution >= 0.6 is 0 Å². The van der Waals surface area contributed by atoms with Gasteiger partial charge in [0.25, 0.3) is 0 Å². The van der Waals surface area contributed by atoms with Gasteiger partial charge < -0.3 is 24.8 Å². The fraction of sp³-hybridized carbons (Fsp3) is 0.364. The summed E-state index contributed by atoms with van der Waals surface area (Å²) in [6.07, 6.45) is 5.36. The Balaban J connectivity index is 0.00000217. The van der Waals surface area contributed by atoms with Crippen LogP contribution in [0.2, 0.25) is 8.26 Å². The molecule has 0 radical (unpaired) electrons. The van der Waals surface area contributed by atoms with E-state index < -0.39 is 20.3 Å². The minimum absolute atomic E-state index is 0. The largest absolute Gasteiger partial charge is 1.00 e. The van der Waals surface area contributed by atoms with E-state index in [1.165, 1.54) is 63.9 Å². The molecule has 0 spiro atoms. The predicted molar refractivity (Wildman–Crippen MR) is 193 cm³/mol. The van der Waals surface area contributed by atoms with Gasteiger partial charge in [0.1, 0.15) is 0 Å². The number of rotatable bonds is 6. The number of fused-ring (bicyclic) bond motifs is 2. The van der Waals surface area contributed by atoms with Gasteiger partial charge >= 0.3 is 279 Å². The molecule has 4 aromatic rings. The minimum Gasteiger partial charge on any atom is -1.00 e. The van der Waals surface area contributed by atoms with Crippen LogP contribution in [0.4, 0.5) is 0 Å². The van der Waals surface area contributed by atoms with Crippen molar-refractivity contribution in [2.45, 2.75) is 84.7 Å². The van der Waals surface area contributed by atoms with E-state index in [0.717, 1.165) is 0 Å². The zero-order valence-electron chi connectivity index (χ0n) is 29.9. The molecular formula is C44H50Cl2Zr. The monoisotopic (exact) mass is 738 g/mol. The van der Waals surface area contributed by atoms with Crippen molar-refractivity contribution in [3.8, 4) is 22.3 Å². The minimum atomic E-state index is -2.90. The van der Waals surface area contributed by atoms with Crippen LogP contribution in [0.1, 0.15) is 90.6 Å². The molecular weight excluding hydrogens is 691 g/mol. The average Bonchev–Trinajstić information content (AvgIpc) is 3.51. The van der Waals surface area contributed by atoms with Crippen molar-refractivity contribution in [2.24, 2.45) is 11.8 Å². The van der Waals surface area contributed by atoms with Gasteiger partial charge in [-0.25, -0.2) is 0 Å². The van der Waals surface area contributed by atoms with Crippen LogP contribution in [0.5, 0.6) is 0 Å². The Hall–Kier alpha value is -2.18. The Morgan fingerprint density at radius 3 is 1.17 bits per heavy atom. The van der Waals surface area contributed by atoms with Gasteiger partial charge in [0.15, 0.2) is 0 Å². The molecule has 0 bridgehead atoms. The molecule has 1 aliphatic heterocycles. The summed E-state index contributed by atoms with van der Waals surface area (Å²) in [5.41, 5.74) is 24.2. The molecule has 3 heteroatoms. The molecule has 2 unspecified atom stereocenters. The predicted octanol–water partition coefficient (Wildman–Crippen LogP) is 6.77. The molecule has 0 saturated carbocycles. The quantitative estimate of drug-likeness (QED) is 0.205. The zero-order chi connectivity index (χ0) is 31.9. The Kier molecular flexibility index (Phi) is 10.2. The molecule has 244 valence electrons. The smallest absolute Gasteiger partial charge is 1.00 e. The maximum absolute atomic E-state index is 2.90. The van der Waals surface area contributed by atoms with Gasteiger partial charge in [0.2, 0.25) is 0 Å². The molecule has 0 N–H and O–H groups in total. The summed E-state index contributed by atoms with van der Waals surface area (Å²) in [7, 11) is 0. The normalized spacial score (nSPS) is 18.0. The SMILES string of the molecule is Cc1ccc(-c2cc(C)c(C)c3c2C=C(C(C)C)[CH]3[Zr+2]2([CH]3C(C(C)C)=Cc4c(-c5ccc(C)cc5)cc(C)c(C)c43)[CH2][CH2]2)cc1.[Cl-].[Cl-]. The van der Waals surface area contributed by atoms with Gasteiger partial charge in [0.05, 0.1) is 0 Å². The van der Waals surface area contributed by atoms with Crippen LogP contribution in [0, 0.1) is 53.4 Å². The van der Waals surface area contributed by atoms with E-state index >= 15 is 0 Å². The maximum Gasteiger partial charge on any atom is -1.00 e. The van der Waals surface area contributed by atoms with Crippen molar-refractivity contribution >= 4 is 12.2 Å². The van der Waals surface area contributed by atoms with Crippen molar-refractivity contribution in [1.29, 1.82) is 0 Å². The zero-order valence-corrected chi connectivity index (χ0v) is 33.9. The molecule has 1 heterocycles. The molecule has 3 aliphatic rings. The van der Waals surface area contributed by atoms with Crippen molar-refractivity contribution in [3.05, 3.63) is 127 Å². The molecule has 1 fully saturated rings. The first kappa shape index (κ1) is 36.1. The van der Waals surface area contributed by atoms with E-state index in [1.807, 2.05) is 0 Å². The first-order chi connectivity index (χ1) is 21.4. The van der Waals surface area contributed by atoms with Crippen molar-refractivity contribution < 1.29 is 45.1 Å². The Morgan fingerprint density at radius 1 is 0.532 bits per heavy atom. The molecule has 4 aromatic carbocycles. The second kappa shape index (κ2) is 13.3. The van der Waals surface area contributed by atoms with E-state index in [9.17, 15) is 0 Å². The summed E-state index contributed by atoms with van der Waals surface area (Å²) in [5.74, 6) is 1.10. The van der Waals surface area contributed by atoms with Crippen molar-refractivity contribution in [2.75, 3.05) is 0 Å². The molecule has 7 rings (SSSR count). The van der Waals surface area contributed by atoms with Gasteiger partial charge in [-0.05, 0) is 0 Å². The molecule has 1 saturated heterocycles. The van der Waals surface area contributed by atoms with Crippen LogP contribution < -0.4 is 24.8 Å². The fourth-order valence-corrected chi connectivity index (χ4v) is 27.4. The van der Waals surface area contributed by atoms with Gasteiger partial charge in [0, 0.05) is 0 Å². The van der Waals surface area contributed by atoms with E-state index in [4.69, 9.17) is 0 Å². The van der Waals surface area contributed by atoms with E-state index in [0.29, 0.717) is 19.1 Å². The summed E-state index contributed by atoms with van der Waals surface area (Å²) in [4.78, 5) is 0. The van der Waals surface area contributed by atoms with E-state index in [-0.39, 0.29) is 24.8 Å². The van der Waals surface area contributed by atoms with Crippen molar-refractivity contribution in [1.82, 2.24) is 0 Å². The summed E-state index contributed by atoms with van der Waals surface area (Å²) >= 11 is -2.90. The molecule has 2 aliphatic carbocycles. The van der Waals surface area contributed by atoms with Gasteiger partial charge in [-0.2, -0.15) is 0 Å². The van der Waals surface area contributed by atoms with Crippen LogP contribution in [0.25, 0.3) is 34.4 Å². The molecule has 2 atom stereocenters. The second-order valence-electron chi connectivity index (χ2n) is 15.3. The fourth-order valence-electron chi connectivity index (χ4n) is 8.88. The van der Waals surface area contributed by atoms with Gasteiger partial charge in [-0.3, -0.25) is 0 Å². The van der Waals surface area contributed by atoms with Crippen LogP contribution in [-0.2, 0) is 20.3 Å². The van der Waals surface area contributed by atoms with Crippen molar-refractivity contribution in [3.63, 3.8) is 0 Å². The first-order valence-electron chi connectivity index (χ1n) is 17.3. The average molecular weight is 741 g/mol. The summed E-state index contributed by atoms with van der Waals surface area (Å²) in [5, 5.41) is 0. The Labute approximate surface area is 301 Å². The number of hydrogen-bond donors (Lipinski definition) is 0. The third-order valence-corrected chi connectivity index (χ3v) is 24.6. The Morgan fingerprint density at radius 2 is 0.872 bits per heavy atom. The summed E-state index contributed by atoms with van der Waals surface area (Å²) in [6.45, 7) is 23.8. The second-order valence-corrected chi connectivity index (χ2v) is 26.7. The summed E-state index contributed by atoms with van der Waals surface area (Å²) in [6, 6.07) is 23.5. The molecule has 0 amide bonds. The maximum atomic E-state index is 2.68. The van der Waals surface area contributed by atoms with Crippen LogP contribution in [0.15, 0.2) is 71.8 Å². The number of aryl methyl sites for hydroxylation is 4. The topological polar surface area (TPSA) is 0 Å². The van der Waals surface area contributed by atoms with Gasteiger partial charge in [-0.1, -0.05) is 0 Å². The number of halogens is 2. The Bertz CT molecular complexity index is 1760. The molecule has 0 aromatic heterocycles. The number of allylic oxidation sites excluding steroid dienone is 2. The molecule has 0 nitrogen and oxygen atoms in total. The standard InChI is InChI=1S/2C21H23.C2H4.2ClH.Zr/c2*1-13(2)18-11-19-16(5)15(4)10-20(21(19)12-18)17-8-6-14(3)7-9-17;1-2;;;/h2*6-13H,1-5H3;1-2H2;2*1H;/q;;;;;+2/p-2.